The molecule has 1 atom stereocenters. The van der Waals surface area contributed by atoms with Crippen LogP contribution in [0.4, 0.5) is 0 Å². The molecule has 0 saturated carbocycles. The van der Waals surface area contributed by atoms with Gasteiger partial charge >= 0.3 is 0 Å². The second-order valence-electron chi connectivity index (χ2n) is 2.85. The van der Waals surface area contributed by atoms with Crippen molar-refractivity contribution in [1.82, 2.24) is 0 Å². The minimum absolute atomic E-state index is 0.262. The Kier molecular flexibility index (Phi) is 2.10. The Morgan fingerprint density at radius 2 is 2.23 bits per heavy atom. The van der Waals surface area contributed by atoms with Gasteiger partial charge < -0.3 is 5.73 Å². The highest BCUT2D eigenvalue weighted by Crippen LogP contribution is 2.37. The van der Waals surface area contributed by atoms with Gasteiger partial charge in [-0.2, -0.15) is 0 Å². The molecule has 2 aliphatic rings. The van der Waals surface area contributed by atoms with Gasteiger partial charge in [-0.05, 0) is 11.6 Å². The van der Waals surface area contributed by atoms with Gasteiger partial charge in [0.1, 0.15) is 0 Å². The maximum absolute atomic E-state index is 10.9. The van der Waals surface area contributed by atoms with E-state index in [0.717, 1.165) is 5.57 Å². The zero-order chi connectivity index (χ0) is 9.26. The zero-order valence-corrected chi connectivity index (χ0v) is 7.75. The molecule has 13 heavy (non-hydrogen) atoms. The third kappa shape index (κ3) is 1.60. The first-order valence-corrected chi connectivity index (χ1v) is 4.88. The molecule has 2 nitrogen and oxygen atoms in total. The molecule has 0 radical (unpaired) electrons. The molecule has 0 saturated heterocycles. The molecule has 1 aliphatic heterocycles. The minimum atomic E-state index is -0.337. The topological polar surface area (TPSA) is 43.1 Å². The Labute approximate surface area is 80.9 Å². The van der Waals surface area contributed by atoms with Crippen molar-refractivity contribution >= 4 is 17.7 Å². The van der Waals surface area contributed by atoms with E-state index in [0.29, 0.717) is 4.91 Å². The summed E-state index contributed by atoms with van der Waals surface area (Å²) in [5.41, 5.74) is 6.34. The van der Waals surface area contributed by atoms with Crippen LogP contribution in [0.1, 0.15) is 0 Å². The van der Waals surface area contributed by atoms with Crippen molar-refractivity contribution < 1.29 is 4.79 Å². The van der Waals surface area contributed by atoms with E-state index in [1.165, 1.54) is 11.8 Å². The van der Waals surface area contributed by atoms with Crippen LogP contribution < -0.4 is 5.73 Å². The number of allylic oxidation sites excluding steroid dienone is 5. The van der Waals surface area contributed by atoms with Gasteiger partial charge in [-0.3, -0.25) is 4.79 Å². The molecule has 1 aliphatic carbocycles. The number of amides is 1. The summed E-state index contributed by atoms with van der Waals surface area (Å²) in [6.07, 6.45) is 11.9. The normalized spacial score (nSPS) is 24.8. The molecule has 0 aromatic heterocycles. The quantitative estimate of drug-likeness (QED) is 0.683. The van der Waals surface area contributed by atoms with Crippen LogP contribution in [0.2, 0.25) is 0 Å². The van der Waals surface area contributed by atoms with Gasteiger partial charge in [0.05, 0.1) is 10.2 Å². The molecule has 0 aromatic rings. The first-order valence-electron chi connectivity index (χ1n) is 4.00. The van der Waals surface area contributed by atoms with Crippen molar-refractivity contribution in [3.63, 3.8) is 0 Å². The third-order valence-electron chi connectivity index (χ3n) is 1.92. The van der Waals surface area contributed by atoms with E-state index in [1.807, 2.05) is 30.4 Å². The molecule has 0 spiro atoms. The van der Waals surface area contributed by atoms with Crippen LogP contribution in [0.15, 0.2) is 46.9 Å². The standard InChI is InChI=1S/C10H9NOS/c11-10(12)9-6-7-4-2-1-3-5-8(7)13-9/h1-6,8H,(H2,11,12). The fourth-order valence-electron chi connectivity index (χ4n) is 1.29. The summed E-state index contributed by atoms with van der Waals surface area (Å²) in [4.78, 5) is 11.5. The summed E-state index contributed by atoms with van der Waals surface area (Å²) in [5.74, 6) is -0.337. The highest BCUT2D eigenvalue weighted by molar-refractivity contribution is 8.05. The Bertz CT molecular complexity index is 363. The average Bonchev–Trinajstić information content (AvgIpc) is 2.38. The summed E-state index contributed by atoms with van der Waals surface area (Å²) in [7, 11) is 0. The predicted octanol–water partition coefficient (Wildman–Crippen LogP) is 1.52. The van der Waals surface area contributed by atoms with Crippen molar-refractivity contribution in [2.75, 3.05) is 0 Å². The number of nitrogens with two attached hydrogens (primary N) is 1. The summed E-state index contributed by atoms with van der Waals surface area (Å²) in [6.45, 7) is 0. The molecule has 2 rings (SSSR count). The van der Waals surface area contributed by atoms with E-state index >= 15 is 0 Å². The van der Waals surface area contributed by atoms with Crippen LogP contribution in [-0.2, 0) is 4.79 Å². The summed E-state index contributed by atoms with van der Waals surface area (Å²) >= 11 is 1.51. The van der Waals surface area contributed by atoms with Gasteiger partial charge in [0.25, 0.3) is 5.91 Å². The smallest absolute Gasteiger partial charge is 0.255 e. The van der Waals surface area contributed by atoms with E-state index in [4.69, 9.17) is 5.73 Å². The number of rotatable bonds is 1. The highest BCUT2D eigenvalue weighted by atomic mass is 32.2. The number of fused-ring (bicyclic) bond motifs is 1. The molecule has 3 heteroatoms. The lowest BCUT2D eigenvalue weighted by Gasteiger charge is -2.02. The fraction of sp³-hybridized carbons (Fsp3) is 0.100. The predicted molar refractivity (Wildman–Crippen MR) is 55.0 cm³/mol. The summed E-state index contributed by atoms with van der Waals surface area (Å²) in [6, 6.07) is 0. The second-order valence-corrected chi connectivity index (χ2v) is 4.03. The lowest BCUT2D eigenvalue weighted by atomic mass is 10.1. The molecule has 1 amide bonds. The van der Waals surface area contributed by atoms with Gasteiger partial charge in [-0.1, -0.05) is 30.4 Å². The zero-order valence-electron chi connectivity index (χ0n) is 6.94. The van der Waals surface area contributed by atoms with Gasteiger partial charge in [-0.15, -0.1) is 11.8 Å². The first-order chi connectivity index (χ1) is 6.27. The molecule has 2 N–H and O–H groups in total. The Morgan fingerprint density at radius 3 is 3.00 bits per heavy atom. The minimum Gasteiger partial charge on any atom is -0.365 e. The molecule has 0 fully saturated rings. The second kappa shape index (κ2) is 3.26. The number of hydrogen-bond acceptors (Lipinski definition) is 2. The Balaban J connectivity index is 2.31. The van der Waals surface area contributed by atoms with Gasteiger partial charge in [0, 0.05) is 0 Å². The van der Waals surface area contributed by atoms with Crippen molar-refractivity contribution in [3.05, 3.63) is 46.9 Å². The van der Waals surface area contributed by atoms with Gasteiger partial charge in [0.15, 0.2) is 0 Å². The SMILES string of the molecule is NC(=O)C1=CC2=CC=CC=CC2S1. The van der Waals surface area contributed by atoms with Crippen LogP contribution in [0.5, 0.6) is 0 Å². The van der Waals surface area contributed by atoms with E-state index < -0.39 is 0 Å². The molecule has 1 unspecified atom stereocenters. The Hall–Kier alpha value is -1.22. The largest absolute Gasteiger partial charge is 0.365 e. The van der Waals surface area contributed by atoms with Crippen molar-refractivity contribution in [1.29, 1.82) is 0 Å². The molecule has 0 aromatic carbocycles. The lowest BCUT2D eigenvalue weighted by molar-refractivity contribution is -0.113. The maximum atomic E-state index is 10.9. The maximum Gasteiger partial charge on any atom is 0.255 e. The van der Waals surface area contributed by atoms with Crippen LogP contribution in [0.3, 0.4) is 0 Å². The van der Waals surface area contributed by atoms with Crippen LogP contribution in [0.25, 0.3) is 0 Å². The van der Waals surface area contributed by atoms with Gasteiger partial charge in [-0.25, -0.2) is 0 Å². The van der Waals surface area contributed by atoms with Crippen molar-refractivity contribution in [2.45, 2.75) is 5.25 Å². The number of hydrogen-bond donors (Lipinski definition) is 1. The molecule has 0 bridgehead atoms. The number of carbonyl (C=O) groups excluding carboxylic acids is 1. The molecular weight excluding hydrogens is 182 g/mol. The fourth-order valence-corrected chi connectivity index (χ4v) is 2.34. The van der Waals surface area contributed by atoms with Crippen LogP contribution in [-0.4, -0.2) is 11.2 Å². The average molecular weight is 191 g/mol. The van der Waals surface area contributed by atoms with E-state index in [2.05, 4.69) is 6.08 Å². The number of primary amides is 1. The van der Waals surface area contributed by atoms with Gasteiger partial charge in [0.2, 0.25) is 0 Å². The van der Waals surface area contributed by atoms with Crippen molar-refractivity contribution in [3.8, 4) is 0 Å². The monoisotopic (exact) mass is 191 g/mol. The van der Waals surface area contributed by atoms with E-state index in [9.17, 15) is 4.79 Å². The van der Waals surface area contributed by atoms with E-state index in [1.54, 1.807) is 0 Å². The summed E-state index contributed by atoms with van der Waals surface area (Å²) < 4.78 is 0. The molecule has 66 valence electrons. The summed E-state index contributed by atoms with van der Waals surface area (Å²) in [5, 5.41) is 0.262. The van der Waals surface area contributed by atoms with E-state index in [-0.39, 0.29) is 11.2 Å². The van der Waals surface area contributed by atoms with Crippen molar-refractivity contribution in [2.24, 2.45) is 5.73 Å². The Morgan fingerprint density at radius 1 is 1.38 bits per heavy atom. The highest BCUT2D eigenvalue weighted by Gasteiger charge is 2.23. The molecule has 1 heterocycles. The number of carbonyl (C=O) groups is 1. The van der Waals surface area contributed by atoms with Crippen LogP contribution in [0, 0.1) is 0 Å². The number of thioether (sulfide) groups is 1. The van der Waals surface area contributed by atoms with Crippen LogP contribution >= 0.6 is 11.8 Å². The lowest BCUT2D eigenvalue weighted by Crippen LogP contribution is -2.10. The first kappa shape index (κ1) is 8.38. The molecular formula is C10H9NOS. The third-order valence-corrected chi connectivity index (χ3v) is 3.18.